The van der Waals surface area contributed by atoms with E-state index in [0.717, 1.165) is 53.9 Å². The van der Waals surface area contributed by atoms with Crippen LogP contribution in [0.5, 0.6) is 5.75 Å². The average molecular weight is 579 g/mol. The molecule has 7 rings (SSSR count). The van der Waals surface area contributed by atoms with Crippen LogP contribution in [0.15, 0.2) is 82.5 Å². The van der Waals surface area contributed by atoms with E-state index in [0.29, 0.717) is 36.4 Å². The topological polar surface area (TPSA) is 105 Å². The molecule has 2 fully saturated rings. The van der Waals surface area contributed by atoms with E-state index in [1.54, 1.807) is 18.5 Å². The van der Waals surface area contributed by atoms with Crippen molar-refractivity contribution < 1.29 is 13.9 Å². The summed E-state index contributed by atoms with van der Waals surface area (Å²) in [6, 6.07) is 15.5. The highest BCUT2D eigenvalue weighted by atomic mass is 16.5. The molecule has 3 aromatic heterocycles. The molecule has 2 amide bonds. The van der Waals surface area contributed by atoms with Crippen molar-refractivity contribution in [1.82, 2.24) is 24.6 Å². The van der Waals surface area contributed by atoms with Gasteiger partial charge in [0.05, 0.1) is 5.54 Å². The van der Waals surface area contributed by atoms with Crippen molar-refractivity contribution in [1.29, 1.82) is 0 Å². The summed E-state index contributed by atoms with van der Waals surface area (Å²) in [7, 11) is 0. The van der Waals surface area contributed by atoms with E-state index in [1.165, 1.54) is 0 Å². The minimum atomic E-state index is -0.374. The number of urea groups is 1. The molecule has 2 aliphatic heterocycles. The van der Waals surface area contributed by atoms with Crippen molar-refractivity contribution in [2.45, 2.75) is 44.8 Å². The van der Waals surface area contributed by atoms with E-state index >= 15 is 0 Å². The Kier molecular flexibility index (Phi) is 6.76. The molecule has 2 aliphatic rings. The van der Waals surface area contributed by atoms with E-state index in [4.69, 9.17) is 9.15 Å². The Morgan fingerprint density at radius 3 is 2.60 bits per heavy atom. The van der Waals surface area contributed by atoms with Gasteiger partial charge in [0.25, 0.3) is 0 Å². The highest BCUT2D eigenvalue weighted by Crippen LogP contribution is 2.32. The molecule has 0 radical (unpaired) electrons. The van der Waals surface area contributed by atoms with E-state index in [1.807, 2.05) is 78.0 Å². The molecule has 0 bridgehead atoms. The first-order valence-electron chi connectivity index (χ1n) is 14.8. The summed E-state index contributed by atoms with van der Waals surface area (Å²) < 4.78 is 13.9. The summed E-state index contributed by atoms with van der Waals surface area (Å²) in [6.07, 6.45) is 9.27. The van der Waals surface area contributed by atoms with Crippen LogP contribution < -0.4 is 20.6 Å². The van der Waals surface area contributed by atoms with Gasteiger partial charge < -0.3 is 28.7 Å². The standard InChI is InChI=1S/C33H34N6O4/c1-22-26-9-8-25(42-23(2)24-6-4-3-5-7-24)20-28(26)43-31(40)27(22)10-15-39-21-33(36-32(39)41)11-16-37(17-12-33)29-30-35-14-19-38(30)18-13-34-29/h3-9,13-14,18-20,23H,10-12,15-17,21H2,1-2H3,(H,36,41)/t23-/m1/s1. The number of fused-ring (bicyclic) bond motifs is 2. The number of anilines is 1. The molecule has 2 aromatic carbocycles. The number of carbonyl (C=O) groups is 1. The molecule has 10 nitrogen and oxygen atoms in total. The number of ether oxygens (including phenoxy) is 1. The fourth-order valence-corrected chi connectivity index (χ4v) is 6.44. The van der Waals surface area contributed by atoms with Gasteiger partial charge in [-0.2, -0.15) is 0 Å². The van der Waals surface area contributed by atoms with Gasteiger partial charge in [-0.3, -0.25) is 0 Å². The van der Waals surface area contributed by atoms with Crippen LogP contribution in [0, 0.1) is 6.92 Å². The van der Waals surface area contributed by atoms with E-state index in [9.17, 15) is 9.59 Å². The molecule has 1 atom stereocenters. The SMILES string of the molecule is Cc1c(CCN2CC3(CCN(c4nccn5ccnc45)CC3)NC2=O)c(=O)oc2cc(O[C@H](C)c3ccccc3)ccc12. The first-order chi connectivity index (χ1) is 20.9. The quantitative estimate of drug-likeness (QED) is 0.274. The summed E-state index contributed by atoms with van der Waals surface area (Å²) in [4.78, 5) is 39.2. The first-order valence-corrected chi connectivity index (χ1v) is 14.8. The molecular weight excluding hydrogens is 544 g/mol. The van der Waals surface area contributed by atoms with E-state index in [2.05, 4.69) is 20.2 Å². The number of amides is 2. The van der Waals surface area contributed by atoms with Gasteiger partial charge in [0.15, 0.2) is 11.5 Å². The van der Waals surface area contributed by atoms with Crippen LogP contribution in [0.4, 0.5) is 10.6 Å². The van der Waals surface area contributed by atoms with Crippen LogP contribution in [-0.2, 0) is 6.42 Å². The lowest BCUT2D eigenvalue weighted by Gasteiger charge is -2.39. The Morgan fingerprint density at radius 2 is 1.81 bits per heavy atom. The summed E-state index contributed by atoms with van der Waals surface area (Å²) in [5.41, 5.74) is 3.21. The number of carbonyl (C=O) groups excluding carboxylic acids is 1. The van der Waals surface area contributed by atoms with Gasteiger partial charge in [0, 0.05) is 68.0 Å². The van der Waals surface area contributed by atoms with Gasteiger partial charge in [-0.1, -0.05) is 30.3 Å². The van der Waals surface area contributed by atoms with E-state index in [-0.39, 0.29) is 23.3 Å². The maximum Gasteiger partial charge on any atom is 0.339 e. The number of aryl methyl sites for hydroxylation is 1. The highest BCUT2D eigenvalue weighted by Gasteiger charge is 2.44. The van der Waals surface area contributed by atoms with Gasteiger partial charge in [-0.05, 0) is 56.4 Å². The zero-order chi connectivity index (χ0) is 29.6. The molecule has 220 valence electrons. The molecule has 2 saturated heterocycles. The number of hydrogen-bond acceptors (Lipinski definition) is 7. The van der Waals surface area contributed by atoms with Crippen molar-refractivity contribution in [3.05, 3.63) is 100 Å². The summed E-state index contributed by atoms with van der Waals surface area (Å²) >= 11 is 0. The third-order valence-corrected chi connectivity index (χ3v) is 8.94. The van der Waals surface area contributed by atoms with Crippen LogP contribution in [0.25, 0.3) is 16.6 Å². The monoisotopic (exact) mass is 578 g/mol. The Labute approximate surface area is 248 Å². The van der Waals surface area contributed by atoms with Crippen molar-refractivity contribution in [3.8, 4) is 5.75 Å². The van der Waals surface area contributed by atoms with Crippen LogP contribution >= 0.6 is 0 Å². The fraction of sp³-hybridized carbons (Fsp3) is 0.333. The van der Waals surface area contributed by atoms with Crippen molar-refractivity contribution in [3.63, 3.8) is 0 Å². The highest BCUT2D eigenvalue weighted by molar-refractivity contribution is 5.82. The molecule has 43 heavy (non-hydrogen) atoms. The van der Waals surface area contributed by atoms with Gasteiger partial charge in [-0.25, -0.2) is 19.6 Å². The molecule has 1 N–H and O–H groups in total. The number of nitrogens with zero attached hydrogens (tertiary/aromatic N) is 5. The van der Waals surface area contributed by atoms with Crippen LogP contribution in [0.3, 0.4) is 0 Å². The van der Waals surface area contributed by atoms with Crippen molar-refractivity contribution in [2.24, 2.45) is 0 Å². The Bertz CT molecular complexity index is 1860. The molecule has 0 saturated carbocycles. The number of imidazole rings is 1. The van der Waals surface area contributed by atoms with Crippen molar-refractivity contribution in [2.75, 3.05) is 31.1 Å². The Morgan fingerprint density at radius 1 is 1.05 bits per heavy atom. The predicted octanol–water partition coefficient (Wildman–Crippen LogP) is 4.89. The second-order valence-electron chi connectivity index (χ2n) is 11.6. The maximum atomic E-state index is 13.1. The van der Waals surface area contributed by atoms with Crippen LogP contribution in [0.1, 0.15) is 42.6 Å². The third-order valence-electron chi connectivity index (χ3n) is 8.94. The molecule has 0 unspecified atom stereocenters. The number of piperidine rings is 1. The van der Waals surface area contributed by atoms with Gasteiger partial charge in [0.2, 0.25) is 0 Å². The number of benzene rings is 2. The lowest BCUT2D eigenvalue weighted by molar-refractivity contribution is 0.217. The molecule has 1 spiro atoms. The Hall–Kier alpha value is -4.86. The average Bonchev–Trinajstić information content (AvgIpc) is 3.62. The number of hydrogen-bond donors (Lipinski definition) is 1. The van der Waals surface area contributed by atoms with Crippen molar-refractivity contribution >= 4 is 28.5 Å². The molecule has 10 heteroatoms. The third kappa shape index (κ3) is 5.07. The molecule has 5 aromatic rings. The number of rotatable bonds is 7. The molecular formula is C33H34N6O4. The zero-order valence-electron chi connectivity index (χ0n) is 24.3. The van der Waals surface area contributed by atoms with Crippen LogP contribution in [0.2, 0.25) is 0 Å². The predicted molar refractivity (Wildman–Crippen MR) is 164 cm³/mol. The number of aromatic nitrogens is 3. The minimum absolute atomic E-state index is 0.0842. The fourth-order valence-electron chi connectivity index (χ4n) is 6.44. The number of nitrogens with one attached hydrogen (secondary N) is 1. The second-order valence-corrected chi connectivity index (χ2v) is 11.6. The normalized spacial score (nSPS) is 17.1. The van der Waals surface area contributed by atoms with Gasteiger partial charge >= 0.3 is 11.7 Å². The zero-order valence-corrected chi connectivity index (χ0v) is 24.3. The molecule has 0 aliphatic carbocycles. The smallest absolute Gasteiger partial charge is 0.339 e. The Balaban J connectivity index is 1.01. The summed E-state index contributed by atoms with van der Waals surface area (Å²) in [6.45, 7) is 6.54. The minimum Gasteiger partial charge on any atom is -0.486 e. The largest absolute Gasteiger partial charge is 0.486 e. The lowest BCUT2D eigenvalue weighted by Crippen LogP contribution is -2.52. The van der Waals surface area contributed by atoms with Crippen LogP contribution in [-0.4, -0.2) is 57.0 Å². The van der Waals surface area contributed by atoms with Gasteiger partial charge in [-0.15, -0.1) is 0 Å². The lowest BCUT2D eigenvalue weighted by atomic mass is 9.88. The molecule has 5 heterocycles. The summed E-state index contributed by atoms with van der Waals surface area (Å²) in [5.74, 6) is 1.51. The first kappa shape index (κ1) is 27.0. The van der Waals surface area contributed by atoms with Gasteiger partial charge in [0.1, 0.15) is 17.4 Å². The maximum absolute atomic E-state index is 13.1. The second kappa shape index (κ2) is 10.8. The summed E-state index contributed by atoms with van der Waals surface area (Å²) in [5, 5.41) is 4.12. The van der Waals surface area contributed by atoms with E-state index < -0.39 is 0 Å².